The molecule has 5 nitrogen and oxygen atoms in total. The van der Waals surface area contributed by atoms with Gasteiger partial charge in [0.1, 0.15) is 0 Å². The molecule has 3 aromatic rings. The zero-order valence-electron chi connectivity index (χ0n) is 16.1. The lowest BCUT2D eigenvalue weighted by Gasteiger charge is -2.19. The highest BCUT2D eigenvalue weighted by atomic mass is 32.2. The third-order valence-electron chi connectivity index (χ3n) is 4.62. The number of rotatable bonds is 8. The van der Waals surface area contributed by atoms with E-state index in [1.54, 1.807) is 18.2 Å². The summed E-state index contributed by atoms with van der Waals surface area (Å²) in [6.45, 7) is 0.243. The van der Waals surface area contributed by atoms with E-state index in [1.165, 1.54) is 13.2 Å². The fourth-order valence-corrected chi connectivity index (χ4v) is 4.33. The van der Waals surface area contributed by atoms with Gasteiger partial charge >= 0.3 is 5.97 Å². The summed E-state index contributed by atoms with van der Waals surface area (Å²) < 4.78 is 32.8. The van der Waals surface area contributed by atoms with Crippen molar-refractivity contribution in [2.75, 3.05) is 13.7 Å². The second-order valence-corrected chi connectivity index (χ2v) is 8.48. The molecule has 0 saturated carbocycles. The molecule has 3 aromatic carbocycles. The minimum atomic E-state index is -3.60. The van der Waals surface area contributed by atoms with Crippen molar-refractivity contribution in [3.63, 3.8) is 0 Å². The molecule has 6 heteroatoms. The summed E-state index contributed by atoms with van der Waals surface area (Å²) in [5.41, 5.74) is 2.92. The van der Waals surface area contributed by atoms with Crippen LogP contribution in [0.5, 0.6) is 0 Å². The van der Waals surface area contributed by atoms with Crippen molar-refractivity contribution in [2.45, 2.75) is 11.7 Å². The van der Waals surface area contributed by atoms with Crippen molar-refractivity contribution >= 4 is 16.0 Å². The minimum Gasteiger partial charge on any atom is -0.465 e. The van der Waals surface area contributed by atoms with Gasteiger partial charge in [-0.3, -0.25) is 0 Å². The molecule has 3 rings (SSSR count). The molecule has 0 amide bonds. The summed E-state index contributed by atoms with van der Waals surface area (Å²) in [7, 11) is -2.30. The quantitative estimate of drug-likeness (QED) is 0.576. The molecule has 29 heavy (non-hydrogen) atoms. The number of hydrogen-bond donors (Lipinski definition) is 1. The van der Waals surface area contributed by atoms with E-state index in [0.717, 1.165) is 11.1 Å². The van der Waals surface area contributed by atoms with E-state index >= 15 is 0 Å². The maximum Gasteiger partial charge on any atom is 0.337 e. The lowest BCUT2D eigenvalue weighted by molar-refractivity contribution is 0.0600. The molecule has 0 aliphatic carbocycles. The molecule has 150 valence electrons. The van der Waals surface area contributed by atoms with Crippen LogP contribution in [0.1, 0.15) is 33.0 Å². The average Bonchev–Trinajstić information content (AvgIpc) is 2.74. The first-order chi connectivity index (χ1) is 14.0. The smallest absolute Gasteiger partial charge is 0.337 e. The minimum absolute atomic E-state index is 0.103. The monoisotopic (exact) mass is 409 g/mol. The average molecular weight is 410 g/mol. The standard InChI is InChI=1S/C23H23NO4S/c1-28-23(25)21-14-8-9-18(15-21)17-29(26,27)24-16-22(19-10-4-2-5-11-19)20-12-6-3-7-13-20/h2-15,22,24H,16-17H2,1H3. The Hall–Kier alpha value is -2.96. The maximum absolute atomic E-state index is 12.7. The van der Waals surface area contributed by atoms with Gasteiger partial charge in [0.05, 0.1) is 18.4 Å². The molecule has 0 atom stereocenters. The highest BCUT2D eigenvalue weighted by Crippen LogP contribution is 2.24. The summed E-state index contributed by atoms with van der Waals surface area (Å²) in [6.07, 6.45) is 0. The second kappa shape index (κ2) is 9.49. The molecule has 0 bridgehead atoms. The van der Waals surface area contributed by atoms with Gasteiger partial charge in [0, 0.05) is 12.5 Å². The second-order valence-electron chi connectivity index (χ2n) is 6.67. The number of sulfonamides is 1. The van der Waals surface area contributed by atoms with Crippen LogP contribution >= 0.6 is 0 Å². The highest BCUT2D eigenvalue weighted by molar-refractivity contribution is 7.88. The Kier molecular flexibility index (Phi) is 6.80. The van der Waals surface area contributed by atoms with E-state index in [4.69, 9.17) is 4.74 Å². The van der Waals surface area contributed by atoms with E-state index in [9.17, 15) is 13.2 Å². The summed E-state index contributed by atoms with van der Waals surface area (Å²) >= 11 is 0. The third-order valence-corrected chi connectivity index (χ3v) is 5.94. The fraction of sp³-hybridized carbons (Fsp3) is 0.174. The molecule has 0 heterocycles. The topological polar surface area (TPSA) is 72.5 Å². The lowest BCUT2D eigenvalue weighted by atomic mass is 9.92. The number of carbonyl (C=O) groups is 1. The summed E-state index contributed by atoms with van der Waals surface area (Å²) in [5.74, 6) is -0.812. The molecular weight excluding hydrogens is 386 g/mol. The van der Waals surface area contributed by atoms with E-state index in [1.807, 2.05) is 60.7 Å². The van der Waals surface area contributed by atoms with E-state index in [2.05, 4.69) is 4.72 Å². The molecule has 0 aliphatic rings. The molecule has 0 unspecified atom stereocenters. The van der Waals surface area contributed by atoms with Crippen LogP contribution in [0.3, 0.4) is 0 Å². The van der Waals surface area contributed by atoms with Gasteiger partial charge in [-0.15, -0.1) is 0 Å². The predicted octanol–water partition coefficient (Wildman–Crippen LogP) is 3.72. The first-order valence-corrected chi connectivity index (χ1v) is 10.9. The van der Waals surface area contributed by atoms with Gasteiger partial charge in [-0.2, -0.15) is 0 Å². The van der Waals surface area contributed by atoms with Crippen LogP contribution in [-0.2, 0) is 20.5 Å². The molecule has 0 aliphatic heterocycles. The number of hydrogen-bond acceptors (Lipinski definition) is 4. The Labute approximate surface area is 171 Å². The Morgan fingerprint density at radius 3 is 2.03 bits per heavy atom. The first kappa shape index (κ1) is 20.8. The van der Waals surface area contributed by atoms with Crippen LogP contribution < -0.4 is 4.72 Å². The van der Waals surface area contributed by atoms with Crippen LogP contribution in [0.15, 0.2) is 84.9 Å². The Morgan fingerprint density at radius 1 is 0.897 bits per heavy atom. The van der Waals surface area contributed by atoms with Gasteiger partial charge in [0.25, 0.3) is 0 Å². The first-order valence-electron chi connectivity index (χ1n) is 9.23. The number of esters is 1. The summed E-state index contributed by atoms with van der Waals surface area (Å²) in [4.78, 5) is 11.7. The Bertz CT molecular complexity index is 1010. The number of ether oxygens (including phenoxy) is 1. The van der Waals surface area contributed by atoms with E-state index < -0.39 is 16.0 Å². The highest BCUT2D eigenvalue weighted by Gasteiger charge is 2.19. The van der Waals surface area contributed by atoms with E-state index in [-0.39, 0.29) is 18.2 Å². The summed E-state index contributed by atoms with van der Waals surface area (Å²) in [5, 5.41) is 0. The molecule has 1 N–H and O–H groups in total. The third kappa shape index (κ3) is 5.76. The van der Waals surface area contributed by atoms with Crippen LogP contribution in [0.2, 0.25) is 0 Å². The van der Waals surface area contributed by atoms with Crippen LogP contribution in [-0.4, -0.2) is 28.0 Å². The SMILES string of the molecule is COC(=O)c1cccc(CS(=O)(=O)NCC(c2ccccc2)c2ccccc2)c1. The van der Waals surface area contributed by atoms with Crippen molar-refractivity contribution < 1.29 is 17.9 Å². The van der Waals surface area contributed by atoms with Gasteiger partial charge in [-0.05, 0) is 28.8 Å². The zero-order valence-corrected chi connectivity index (χ0v) is 16.9. The Morgan fingerprint density at radius 2 is 1.48 bits per heavy atom. The molecule has 0 fully saturated rings. The molecule has 0 spiro atoms. The van der Waals surface area contributed by atoms with Crippen LogP contribution in [0, 0.1) is 0 Å². The van der Waals surface area contributed by atoms with Crippen molar-refractivity contribution in [2.24, 2.45) is 0 Å². The number of nitrogens with one attached hydrogen (secondary N) is 1. The van der Waals surface area contributed by atoms with Gasteiger partial charge in [-0.1, -0.05) is 72.8 Å². The van der Waals surface area contributed by atoms with Crippen LogP contribution in [0.4, 0.5) is 0 Å². The lowest BCUT2D eigenvalue weighted by Crippen LogP contribution is -2.30. The van der Waals surface area contributed by atoms with Gasteiger partial charge in [-0.25, -0.2) is 17.9 Å². The van der Waals surface area contributed by atoms with E-state index in [0.29, 0.717) is 11.1 Å². The van der Waals surface area contributed by atoms with Crippen molar-refractivity contribution in [3.05, 3.63) is 107 Å². The summed E-state index contributed by atoms with van der Waals surface area (Å²) in [6, 6.07) is 26.1. The van der Waals surface area contributed by atoms with Crippen molar-refractivity contribution in [3.8, 4) is 0 Å². The van der Waals surface area contributed by atoms with Gasteiger partial charge in [0.15, 0.2) is 0 Å². The number of methoxy groups -OCH3 is 1. The molecule has 0 radical (unpaired) electrons. The van der Waals surface area contributed by atoms with Crippen LogP contribution in [0.25, 0.3) is 0 Å². The molecule has 0 saturated heterocycles. The fourth-order valence-electron chi connectivity index (χ4n) is 3.19. The Balaban J connectivity index is 1.76. The predicted molar refractivity (Wildman–Crippen MR) is 113 cm³/mol. The van der Waals surface area contributed by atoms with Gasteiger partial charge in [0.2, 0.25) is 10.0 Å². The largest absolute Gasteiger partial charge is 0.465 e. The number of carbonyl (C=O) groups excluding carboxylic acids is 1. The van der Waals surface area contributed by atoms with Crippen molar-refractivity contribution in [1.82, 2.24) is 4.72 Å². The normalized spacial score (nSPS) is 11.4. The van der Waals surface area contributed by atoms with Gasteiger partial charge < -0.3 is 4.74 Å². The molecular formula is C23H23NO4S. The van der Waals surface area contributed by atoms with Crippen molar-refractivity contribution in [1.29, 1.82) is 0 Å². The zero-order chi connectivity index (χ0) is 20.7. The maximum atomic E-state index is 12.7. The number of benzene rings is 3. The molecule has 0 aromatic heterocycles.